The third-order valence-electron chi connectivity index (χ3n) is 4.63. The van der Waals surface area contributed by atoms with E-state index in [1.54, 1.807) is 12.1 Å². The molecule has 0 amide bonds. The van der Waals surface area contributed by atoms with Gasteiger partial charge in [0.2, 0.25) is 0 Å². The first-order valence-corrected chi connectivity index (χ1v) is 7.92. The van der Waals surface area contributed by atoms with Gasteiger partial charge in [-0.3, -0.25) is 15.0 Å². The van der Waals surface area contributed by atoms with Crippen LogP contribution in [0.15, 0.2) is 24.3 Å². The maximum atomic E-state index is 11.1. The van der Waals surface area contributed by atoms with E-state index in [-0.39, 0.29) is 10.6 Å². The van der Waals surface area contributed by atoms with Crippen LogP contribution in [0.1, 0.15) is 26.7 Å². The van der Waals surface area contributed by atoms with Crippen molar-refractivity contribution in [3.05, 3.63) is 34.4 Å². The van der Waals surface area contributed by atoms with Crippen LogP contribution >= 0.6 is 0 Å². The van der Waals surface area contributed by atoms with E-state index in [9.17, 15) is 15.2 Å². The lowest BCUT2D eigenvalue weighted by Gasteiger charge is -2.39. The molecule has 122 valence electrons. The zero-order chi connectivity index (χ0) is 16.2. The molecule has 0 spiro atoms. The SMILES string of the molecule is CCC(O)(CC)CN1CCN(c2ccccc2[N+](=O)[O-])CC1. The van der Waals surface area contributed by atoms with Gasteiger partial charge in [0.15, 0.2) is 0 Å². The minimum Gasteiger partial charge on any atom is -0.389 e. The highest BCUT2D eigenvalue weighted by Crippen LogP contribution is 2.28. The monoisotopic (exact) mass is 307 g/mol. The summed E-state index contributed by atoms with van der Waals surface area (Å²) in [5.74, 6) is 0. The normalized spacial score (nSPS) is 16.8. The standard InChI is InChI=1S/C16H25N3O3/c1-3-16(20,4-2)13-17-9-11-18(12-10-17)14-7-5-6-8-15(14)19(21)22/h5-8,20H,3-4,9-13H2,1-2H3. The fourth-order valence-corrected chi connectivity index (χ4v) is 2.92. The molecule has 0 aromatic heterocycles. The van der Waals surface area contributed by atoms with Gasteiger partial charge in [-0.05, 0) is 18.9 Å². The van der Waals surface area contributed by atoms with Crippen molar-refractivity contribution in [1.29, 1.82) is 0 Å². The highest BCUT2D eigenvalue weighted by atomic mass is 16.6. The number of rotatable bonds is 6. The fourth-order valence-electron chi connectivity index (χ4n) is 2.92. The van der Waals surface area contributed by atoms with Crippen LogP contribution in [-0.4, -0.2) is 53.3 Å². The molecule has 0 atom stereocenters. The Balaban J connectivity index is 2.00. The molecule has 6 heteroatoms. The molecule has 1 heterocycles. The van der Waals surface area contributed by atoms with Gasteiger partial charge in [-0.25, -0.2) is 0 Å². The van der Waals surface area contributed by atoms with Gasteiger partial charge in [0, 0.05) is 38.8 Å². The smallest absolute Gasteiger partial charge is 0.292 e. The quantitative estimate of drug-likeness (QED) is 0.645. The lowest BCUT2D eigenvalue weighted by molar-refractivity contribution is -0.384. The summed E-state index contributed by atoms with van der Waals surface area (Å²) in [4.78, 5) is 15.1. The van der Waals surface area contributed by atoms with E-state index >= 15 is 0 Å². The molecule has 1 saturated heterocycles. The van der Waals surface area contributed by atoms with Crippen molar-refractivity contribution >= 4 is 11.4 Å². The van der Waals surface area contributed by atoms with Crippen LogP contribution < -0.4 is 4.90 Å². The number of hydrogen-bond donors (Lipinski definition) is 1. The number of benzene rings is 1. The number of anilines is 1. The number of nitro benzene ring substituents is 1. The number of nitrogens with zero attached hydrogens (tertiary/aromatic N) is 3. The molecule has 1 aromatic carbocycles. The summed E-state index contributed by atoms with van der Waals surface area (Å²) in [6.45, 7) is 7.80. The van der Waals surface area contributed by atoms with E-state index in [4.69, 9.17) is 0 Å². The van der Waals surface area contributed by atoms with Crippen molar-refractivity contribution in [3.8, 4) is 0 Å². The zero-order valence-electron chi connectivity index (χ0n) is 13.4. The predicted octanol–water partition coefficient (Wildman–Crippen LogP) is 2.27. The summed E-state index contributed by atoms with van der Waals surface area (Å²) in [7, 11) is 0. The minimum atomic E-state index is -0.624. The molecule has 22 heavy (non-hydrogen) atoms. The van der Waals surface area contributed by atoms with Crippen LogP contribution in [0.5, 0.6) is 0 Å². The molecule has 1 aliphatic rings. The maximum Gasteiger partial charge on any atom is 0.292 e. The molecule has 0 bridgehead atoms. The Morgan fingerprint density at radius 1 is 1.18 bits per heavy atom. The van der Waals surface area contributed by atoms with Gasteiger partial charge in [0.25, 0.3) is 5.69 Å². The maximum absolute atomic E-state index is 11.1. The van der Waals surface area contributed by atoms with Gasteiger partial charge in [0.1, 0.15) is 5.69 Å². The molecule has 0 saturated carbocycles. The van der Waals surface area contributed by atoms with Crippen molar-refractivity contribution in [2.75, 3.05) is 37.6 Å². The van der Waals surface area contributed by atoms with Crippen molar-refractivity contribution in [2.24, 2.45) is 0 Å². The topological polar surface area (TPSA) is 69.8 Å². The van der Waals surface area contributed by atoms with Crippen molar-refractivity contribution in [2.45, 2.75) is 32.3 Å². The van der Waals surface area contributed by atoms with Gasteiger partial charge in [-0.15, -0.1) is 0 Å². The predicted molar refractivity (Wildman–Crippen MR) is 87.3 cm³/mol. The first kappa shape index (κ1) is 16.7. The van der Waals surface area contributed by atoms with Crippen LogP contribution in [-0.2, 0) is 0 Å². The lowest BCUT2D eigenvalue weighted by Crippen LogP contribution is -2.51. The van der Waals surface area contributed by atoms with Gasteiger partial charge >= 0.3 is 0 Å². The Bertz CT molecular complexity index is 509. The van der Waals surface area contributed by atoms with E-state index in [1.165, 1.54) is 0 Å². The molecule has 1 aromatic rings. The summed E-state index contributed by atoms with van der Waals surface area (Å²) in [6, 6.07) is 6.89. The average Bonchev–Trinajstić information content (AvgIpc) is 2.55. The summed E-state index contributed by atoms with van der Waals surface area (Å²) in [6.07, 6.45) is 1.49. The number of nitro groups is 1. The Kier molecular flexibility index (Phi) is 5.37. The summed E-state index contributed by atoms with van der Waals surface area (Å²) in [5.41, 5.74) is 0.226. The second-order valence-corrected chi connectivity index (χ2v) is 5.94. The number of para-hydroxylation sites is 2. The summed E-state index contributed by atoms with van der Waals surface area (Å²) >= 11 is 0. The molecular formula is C16H25N3O3. The molecule has 1 N–H and O–H groups in total. The van der Waals surface area contributed by atoms with Crippen LogP contribution in [0.4, 0.5) is 11.4 Å². The number of β-amino-alcohol motifs (C(OH)–C–C–N with tert-alkyl or cyclic N) is 1. The molecule has 6 nitrogen and oxygen atoms in total. The average molecular weight is 307 g/mol. The molecule has 1 fully saturated rings. The van der Waals surface area contributed by atoms with Crippen LogP contribution in [0, 0.1) is 10.1 Å². The van der Waals surface area contributed by atoms with Gasteiger partial charge in [0.05, 0.1) is 10.5 Å². The number of hydrogen-bond acceptors (Lipinski definition) is 5. The van der Waals surface area contributed by atoms with Gasteiger partial charge < -0.3 is 10.0 Å². The molecule has 0 unspecified atom stereocenters. The summed E-state index contributed by atoms with van der Waals surface area (Å²) in [5, 5.41) is 21.6. The number of piperazine rings is 1. The second-order valence-electron chi connectivity index (χ2n) is 5.94. The Hall–Kier alpha value is -1.66. The highest BCUT2D eigenvalue weighted by molar-refractivity contribution is 5.63. The largest absolute Gasteiger partial charge is 0.389 e. The zero-order valence-corrected chi connectivity index (χ0v) is 13.4. The molecule has 0 radical (unpaired) electrons. The fraction of sp³-hybridized carbons (Fsp3) is 0.625. The molecular weight excluding hydrogens is 282 g/mol. The van der Waals surface area contributed by atoms with E-state index in [1.807, 2.05) is 26.0 Å². The third-order valence-corrected chi connectivity index (χ3v) is 4.63. The van der Waals surface area contributed by atoms with Crippen LogP contribution in [0.3, 0.4) is 0 Å². The van der Waals surface area contributed by atoms with Crippen LogP contribution in [0.2, 0.25) is 0 Å². The van der Waals surface area contributed by atoms with Gasteiger partial charge in [-0.1, -0.05) is 26.0 Å². The van der Waals surface area contributed by atoms with E-state index in [0.717, 1.165) is 39.0 Å². The summed E-state index contributed by atoms with van der Waals surface area (Å²) < 4.78 is 0. The van der Waals surface area contributed by atoms with E-state index < -0.39 is 5.60 Å². The Labute approximate surface area is 131 Å². The van der Waals surface area contributed by atoms with Crippen molar-refractivity contribution < 1.29 is 10.0 Å². The Morgan fingerprint density at radius 3 is 2.32 bits per heavy atom. The van der Waals surface area contributed by atoms with E-state index in [0.29, 0.717) is 12.2 Å². The lowest BCUT2D eigenvalue weighted by atomic mass is 9.96. The molecule has 0 aliphatic carbocycles. The first-order valence-electron chi connectivity index (χ1n) is 7.92. The Morgan fingerprint density at radius 2 is 1.77 bits per heavy atom. The van der Waals surface area contributed by atoms with Crippen LogP contribution in [0.25, 0.3) is 0 Å². The van der Waals surface area contributed by atoms with E-state index in [2.05, 4.69) is 9.80 Å². The third kappa shape index (κ3) is 3.75. The first-order chi connectivity index (χ1) is 10.5. The minimum absolute atomic E-state index is 0.162. The van der Waals surface area contributed by atoms with Crippen molar-refractivity contribution in [3.63, 3.8) is 0 Å². The van der Waals surface area contributed by atoms with Crippen molar-refractivity contribution in [1.82, 2.24) is 4.90 Å². The molecule has 1 aliphatic heterocycles. The van der Waals surface area contributed by atoms with Gasteiger partial charge in [-0.2, -0.15) is 0 Å². The number of aliphatic hydroxyl groups is 1. The molecule has 2 rings (SSSR count). The second kappa shape index (κ2) is 7.07. The highest BCUT2D eigenvalue weighted by Gasteiger charge is 2.29.